The molecule has 1 saturated carbocycles. The highest BCUT2D eigenvalue weighted by Gasteiger charge is 2.31. The second-order valence-corrected chi connectivity index (χ2v) is 6.56. The van der Waals surface area contributed by atoms with Gasteiger partial charge in [-0.2, -0.15) is 0 Å². The van der Waals surface area contributed by atoms with Gasteiger partial charge < -0.3 is 15.4 Å². The maximum Gasteiger partial charge on any atom is 0.113 e. The lowest BCUT2D eigenvalue weighted by Crippen LogP contribution is -2.37. The highest BCUT2D eigenvalue weighted by atomic mass is 79.9. The minimum Gasteiger partial charge on any atom is -0.388 e. The lowest BCUT2D eigenvalue weighted by atomic mass is 10.0. The molecule has 2 aromatic rings. The van der Waals surface area contributed by atoms with E-state index < -0.39 is 5.60 Å². The molecule has 19 heavy (non-hydrogen) atoms. The van der Waals surface area contributed by atoms with Crippen LogP contribution in [-0.2, 0) is 6.42 Å². The zero-order valence-corrected chi connectivity index (χ0v) is 12.5. The molecule has 1 unspecified atom stereocenters. The molecule has 102 valence electrons. The Kier molecular flexibility index (Phi) is 3.15. The Labute approximate surface area is 120 Å². The van der Waals surface area contributed by atoms with Crippen molar-refractivity contribution >= 4 is 27.0 Å². The van der Waals surface area contributed by atoms with Gasteiger partial charge in [-0.1, -0.05) is 15.9 Å². The molecule has 1 aliphatic rings. The predicted octanol–water partition coefficient (Wildman–Crippen LogP) is 2.39. The van der Waals surface area contributed by atoms with Crippen LogP contribution in [0.3, 0.4) is 0 Å². The molecule has 0 amide bonds. The molecule has 0 spiro atoms. The monoisotopic (exact) mass is 323 g/mol. The number of imidazole rings is 1. The molecule has 5 heteroatoms. The van der Waals surface area contributed by atoms with E-state index in [2.05, 4.69) is 31.5 Å². The van der Waals surface area contributed by atoms with Gasteiger partial charge in [0.15, 0.2) is 0 Å². The van der Waals surface area contributed by atoms with Crippen molar-refractivity contribution < 1.29 is 5.11 Å². The third-order valence-electron chi connectivity index (χ3n) is 3.62. The van der Waals surface area contributed by atoms with E-state index in [0.717, 1.165) is 21.3 Å². The van der Waals surface area contributed by atoms with Crippen LogP contribution in [0.4, 0.5) is 0 Å². The van der Waals surface area contributed by atoms with Gasteiger partial charge in [-0.25, -0.2) is 4.98 Å². The average Bonchev–Trinajstić information content (AvgIpc) is 3.11. The Balaban J connectivity index is 2.09. The summed E-state index contributed by atoms with van der Waals surface area (Å²) < 4.78 is 3.30. The molecule has 0 saturated heterocycles. The molecule has 3 rings (SSSR count). The van der Waals surface area contributed by atoms with E-state index in [4.69, 9.17) is 5.73 Å². The summed E-state index contributed by atoms with van der Waals surface area (Å²) in [6, 6.07) is 6.68. The lowest BCUT2D eigenvalue weighted by molar-refractivity contribution is 0.0667. The van der Waals surface area contributed by atoms with Crippen molar-refractivity contribution in [2.24, 2.45) is 5.73 Å². The Morgan fingerprint density at radius 2 is 2.26 bits per heavy atom. The van der Waals surface area contributed by atoms with Crippen molar-refractivity contribution in [3.05, 3.63) is 28.5 Å². The summed E-state index contributed by atoms with van der Waals surface area (Å²) >= 11 is 3.48. The zero-order valence-electron chi connectivity index (χ0n) is 10.9. The van der Waals surface area contributed by atoms with E-state index in [1.54, 1.807) is 6.92 Å². The van der Waals surface area contributed by atoms with Crippen LogP contribution in [0.5, 0.6) is 0 Å². The number of aromatic nitrogens is 2. The van der Waals surface area contributed by atoms with E-state index in [1.807, 2.05) is 12.1 Å². The molecular formula is C14H18BrN3O. The normalized spacial score (nSPS) is 18.7. The fourth-order valence-corrected chi connectivity index (χ4v) is 2.75. The topological polar surface area (TPSA) is 64.1 Å². The van der Waals surface area contributed by atoms with Gasteiger partial charge in [-0.05, 0) is 38.0 Å². The molecule has 1 aromatic carbocycles. The van der Waals surface area contributed by atoms with Gasteiger partial charge in [-0.3, -0.25) is 0 Å². The van der Waals surface area contributed by atoms with E-state index in [1.165, 1.54) is 12.8 Å². The first-order chi connectivity index (χ1) is 9.00. The van der Waals surface area contributed by atoms with Crippen molar-refractivity contribution in [2.45, 2.75) is 37.8 Å². The molecule has 1 heterocycles. The second kappa shape index (κ2) is 4.58. The molecule has 3 N–H and O–H groups in total. The van der Waals surface area contributed by atoms with E-state index in [-0.39, 0.29) is 6.54 Å². The van der Waals surface area contributed by atoms with Crippen LogP contribution in [0.2, 0.25) is 0 Å². The number of nitrogens with zero attached hydrogens (tertiary/aromatic N) is 2. The van der Waals surface area contributed by atoms with Crippen LogP contribution >= 0.6 is 15.9 Å². The maximum absolute atomic E-state index is 10.2. The van der Waals surface area contributed by atoms with Gasteiger partial charge >= 0.3 is 0 Å². The number of hydrogen-bond donors (Lipinski definition) is 2. The summed E-state index contributed by atoms with van der Waals surface area (Å²) in [5, 5.41) is 10.2. The maximum atomic E-state index is 10.2. The van der Waals surface area contributed by atoms with Crippen LogP contribution in [0.1, 0.15) is 31.6 Å². The number of hydrogen-bond acceptors (Lipinski definition) is 3. The number of halogens is 1. The molecule has 1 aromatic heterocycles. The summed E-state index contributed by atoms with van der Waals surface area (Å²) in [5.74, 6) is 0.936. The largest absolute Gasteiger partial charge is 0.388 e. The van der Waals surface area contributed by atoms with Gasteiger partial charge in [0.2, 0.25) is 0 Å². The average molecular weight is 324 g/mol. The molecule has 1 atom stereocenters. The van der Waals surface area contributed by atoms with Crippen molar-refractivity contribution in [3.63, 3.8) is 0 Å². The fourth-order valence-electron chi connectivity index (χ4n) is 2.40. The van der Waals surface area contributed by atoms with Crippen molar-refractivity contribution in [3.8, 4) is 0 Å². The van der Waals surface area contributed by atoms with Crippen LogP contribution in [0, 0.1) is 0 Å². The number of fused-ring (bicyclic) bond motifs is 1. The molecule has 4 nitrogen and oxygen atoms in total. The summed E-state index contributed by atoms with van der Waals surface area (Å²) in [7, 11) is 0. The molecule has 0 aliphatic heterocycles. The quantitative estimate of drug-likeness (QED) is 0.908. The summed E-state index contributed by atoms with van der Waals surface area (Å²) in [5.41, 5.74) is 6.84. The molecule has 0 radical (unpaired) electrons. The van der Waals surface area contributed by atoms with Gasteiger partial charge in [0, 0.05) is 23.5 Å². The first kappa shape index (κ1) is 13.1. The number of aliphatic hydroxyl groups is 1. The minimum absolute atomic E-state index is 0.241. The number of rotatable bonds is 4. The Morgan fingerprint density at radius 3 is 2.89 bits per heavy atom. The number of benzene rings is 1. The SMILES string of the molecule is CC(O)(CN)Cc1nc2cc(Br)ccc2n1C1CC1. The zero-order chi connectivity index (χ0) is 13.6. The Morgan fingerprint density at radius 1 is 1.53 bits per heavy atom. The fraction of sp³-hybridized carbons (Fsp3) is 0.500. The third-order valence-corrected chi connectivity index (χ3v) is 4.11. The lowest BCUT2D eigenvalue weighted by Gasteiger charge is -2.21. The number of nitrogens with two attached hydrogens (primary N) is 1. The highest BCUT2D eigenvalue weighted by Crippen LogP contribution is 2.39. The Hall–Kier alpha value is -0.910. The van der Waals surface area contributed by atoms with E-state index in [9.17, 15) is 5.11 Å². The van der Waals surface area contributed by atoms with Crippen molar-refractivity contribution in [1.29, 1.82) is 0 Å². The molecule has 1 aliphatic carbocycles. The van der Waals surface area contributed by atoms with Crippen LogP contribution in [0.15, 0.2) is 22.7 Å². The minimum atomic E-state index is -0.898. The van der Waals surface area contributed by atoms with Crippen molar-refractivity contribution in [1.82, 2.24) is 9.55 Å². The van der Waals surface area contributed by atoms with Gasteiger partial charge in [0.1, 0.15) is 5.82 Å². The standard InChI is InChI=1S/C14H18BrN3O/c1-14(19,8-16)7-13-17-11-6-9(15)2-5-12(11)18(13)10-3-4-10/h2,5-6,10,19H,3-4,7-8,16H2,1H3. The van der Waals surface area contributed by atoms with E-state index in [0.29, 0.717) is 12.5 Å². The van der Waals surface area contributed by atoms with Crippen LogP contribution in [-0.4, -0.2) is 26.8 Å². The third kappa shape index (κ3) is 2.55. The molecular weight excluding hydrogens is 306 g/mol. The predicted molar refractivity (Wildman–Crippen MR) is 79.1 cm³/mol. The van der Waals surface area contributed by atoms with E-state index >= 15 is 0 Å². The molecule has 1 fully saturated rings. The Bertz CT molecular complexity index is 616. The van der Waals surface area contributed by atoms with Crippen LogP contribution < -0.4 is 5.73 Å². The summed E-state index contributed by atoms with van der Waals surface area (Å²) in [6.45, 7) is 2.00. The first-order valence-corrected chi connectivity index (χ1v) is 7.38. The second-order valence-electron chi connectivity index (χ2n) is 5.64. The first-order valence-electron chi connectivity index (χ1n) is 6.59. The smallest absolute Gasteiger partial charge is 0.113 e. The molecule has 0 bridgehead atoms. The highest BCUT2D eigenvalue weighted by molar-refractivity contribution is 9.10. The van der Waals surface area contributed by atoms with Gasteiger partial charge in [-0.15, -0.1) is 0 Å². The summed E-state index contributed by atoms with van der Waals surface area (Å²) in [4.78, 5) is 4.69. The van der Waals surface area contributed by atoms with Gasteiger partial charge in [0.25, 0.3) is 0 Å². The summed E-state index contributed by atoms with van der Waals surface area (Å²) in [6.07, 6.45) is 2.88. The van der Waals surface area contributed by atoms with Crippen molar-refractivity contribution in [2.75, 3.05) is 6.54 Å². The van der Waals surface area contributed by atoms with Gasteiger partial charge in [0.05, 0.1) is 16.6 Å². The van der Waals surface area contributed by atoms with Crippen LogP contribution in [0.25, 0.3) is 11.0 Å².